The highest BCUT2D eigenvalue weighted by atomic mass is 31.2. The Kier molecular flexibility index (Phi) is 75.4. The largest absolute Gasteiger partial charge is 0.472 e. The first-order valence-corrected chi connectivity index (χ1v) is 44.4. The monoisotopic (exact) mass is 1550 g/mol. The van der Waals surface area contributed by atoms with Gasteiger partial charge in [0.05, 0.1) is 26.4 Å². The summed E-state index contributed by atoms with van der Waals surface area (Å²) in [6.07, 6.45) is 94.8. The lowest BCUT2D eigenvalue weighted by atomic mass is 10.1. The quantitative estimate of drug-likeness (QED) is 0.0169. The van der Waals surface area contributed by atoms with Crippen molar-refractivity contribution in [2.75, 3.05) is 39.6 Å². The second kappa shape index (κ2) is 79.5. The van der Waals surface area contributed by atoms with E-state index in [0.717, 1.165) is 193 Å². The van der Waals surface area contributed by atoms with Crippen LogP contribution in [0.1, 0.15) is 310 Å². The van der Waals surface area contributed by atoms with Gasteiger partial charge in [-0.1, -0.05) is 294 Å². The lowest BCUT2D eigenvalue weighted by Gasteiger charge is -2.21. The fourth-order valence-corrected chi connectivity index (χ4v) is 12.0. The van der Waals surface area contributed by atoms with Crippen molar-refractivity contribution in [2.24, 2.45) is 0 Å². The summed E-state index contributed by atoms with van der Waals surface area (Å²) in [5.41, 5.74) is 0. The Labute approximate surface area is 654 Å². The molecule has 0 fully saturated rings. The second-order valence-corrected chi connectivity index (χ2v) is 29.8. The van der Waals surface area contributed by atoms with Crippen molar-refractivity contribution in [1.29, 1.82) is 0 Å². The third-order valence-electron chi connectivity index (χ3n) is 16.7. The van der Waals surface area contributed by atoms with Crippen LogP contribution in [-0.4, -0.2) is 96.7 Å². The molecule has 0 aliphatic heterocycles. The summed E-state index contributed by atoms with van der Waals surface area (Å²) >= 11 is 0. The van der Waals surface area contributed by atoms with Gasteiger partial charge in [-0.2, -0.15) is 0 Å². The van der Waals surface area contributed by atoms with Gasteiger partial charge in [-0.05, 0) is 161 Å². The van der Waals surface area contributed by atoms with Crippen LogP contribution < -0.4 is 0 Å². The molecule has 0 aliphatic carbocycles. The highest BCUT2D eigenvalue weighted by molar-refractivity contribution is 7.47. The molecule has 0 aromatic carbocycles. The molecule has 0 spiro atoms. The molecule has 0 radical (unpaired) electrons. The summed E-state index contributed by atoms with van der Waals surface area (Å²) in [4.78, 5) is 73.1. The van der Waals surface area contributed by atoms with Crippen LogP contribution in [-0.2, 0) is 65.4 Å². The molecule has 0 saturated carbocycles. The molecule has 0 bridgehead atoms. The first-order valence-electron chi connectivity index (χ1n) is 41.4. The predicted molar refractivity (Wildman–Crippen MR) is 445 cm³/mol. The molecule has 108 heavy (non-hydrogen) atoms. The molecule has 3 N–H and O–H groups in total. The molecule has 0 rings (SSSR count). The van der Waals surface area contributed by atoms with Crippen molar-refractivity contribution < 1.29 is 80.2 Å². The molecule has 614 valence electrons. The number of phosphoric ester groups is 2. The van der Waals surface area contributed by atoms with E-state index in [4.69, 9.17) is 37.0 Å². The first kappa shape index (κ1) is 102. The van der Waals surface area contributed by atoms with Gasteiger partial charge in [-0.15, -0.1) is 0 Å². The fourth-order valence-electron chi connectivity index (χ4n) is 10.4. The van der Waals surface area contributed by atoms with Gasteiger partial charge >= 0.3 is 39.5 Å². The van der Waals surface area contributed by atoms with Gasteiger partial charge in [0.1, 0.15) is 19.3 Å². The number of rotatable bonds is 76. The second-order valence-electron chi connectivity index (χ2n) is 26.9. The van der Waals surface area contributed by atoms with Gasteiger partial charge in [0, 0.05) is 25.7 Å². The van der Waals surface area contributed by atoms with E-state index in [1.165, 1.54) is 32.1 Å². The average Bonchev–Trinajstić information content (AvgIpc) is 0.917. The third kappa shape index (κ3) is 78.5. The van der Waals surface area contributed by atoms with E-state index in [2.05, 4.69) is 180 Å². The molecule has 0 heterocycles. The predicted octanol–water partition coefficient (Wildman–Crippen LogP) is 24.6. The van der Waals surface area contributed by atoms with E-state index in [1.54, 1.807) is 0 Å². The number of allylic oxidation sites excluding steroid dienone is 28. The number of hydrogen-bond acceptors (Lipinski definition) is 15. The Morgan fingerprint density at radius 2 is 0.509 bits per heavy atom. The summed E-state index contributed by atoms with van der Waals surface area (Å²) in [6.45, 7) is 4.45. The summed E-state index contributed by atoms with van der Waals surface area (Å²) in [5.74, 6) is -2.32. The normalized spacial score (nSPS) is 14.7. The van der Waals surface area contributed by atoms with E-state index in [9.17, 15) is 43.2 Å². The van der Waals surface area contributed by atoms with Crippen molar-refractivity contribution >= 4 is 39.5 Å². The van der Waals surface area contributed by atoms with Gasteiger partial charge < -0.3 is 33.8 Å². The molecule has 0 aliphatic rings. The van der Waals surface area contributed by atoms with E-state index in [-0.39, 0.29) is 25.7 Å². The SMILES string of the molecule is CC/C=C\C/C=C\C/C=C\C/C=C\C/C=C\C/C=C\CCC(=O)OCC(COP(=O)(O)OCC(O)COP(=O)(O)OCC(COC(=O)CCCCCCCC/C=C\C/C=C\C/C=C\CCCCC)OC(=O)CCCCCCC/C=C\CCCC)OC(=O)CCCCCCCC/C=C\C/C=C\C/C=C\C/C=C\CC. The maximum atomic E-state index is 13.1. The number of carbonyl (C=O) groups is 4. The smallest absolute Gasteiger partial charge is 0.462 e. The van der Waals surface area contributed by atoms with Gasteiger partial charge in [0.25, 0.3) is 0 Å². The highest BCUT2D eigenvalue weighted by Crippen LogP contribution is 2.45. The van der Waals surface area contributed by atoms with Crippen molar-refractivity contribution in [1.82, 2.24) is 0 Å². The van der Waals surface area contributed by atoms with Crippen LogP contribution in [0, 0.1) is 0 Å². The maximum Gasteiger partial charge on any atom is 0.472 e. The number of hydrogen-bond donors (Lipinski definition) is 3. The number of unbranched alkanes of at least 4 members (excludes halogenated alkanes) is 22. The minimum Gasteiger partial charge on any atom is -0.462 e. The van der Waals surface area contributed by atoms with Gasteiger partial charge in [-0.25, -0.2) is 9.13 Å². The lowest BCUT2D eigenvalue weighted by molar-refractivity contribution is -0.161. The number of ether oxygens (including phenoxy) is 4. The van der Waals surface area contributed by atoms with E-state index < -0.39 is 97.5 Å². The van der Waals surface area contributed by atoms with Crippen molar-refractivity contribution in [2.45, 2.75) is 329 Å². The standard InChI is InChI=1S/C89H146O17P2/c1-5-9-13-17-21-25-29-32-35-38-41-44-47-50-54-57-61-65-69-73-86(91)99-79-84(105-88(93)75-71-67-63-59-53-28-24-20-16-12-8-4)81-103-107(95,96)101-77-83(90)78-102-108(97,98)104-82-85(106-89(94)76-72-68-64-60-56-52-49-46-43-40-37-34-31-27-23-19-15-11-7-3)80-100-87(92)74-70-66-62-58-55-51-48-45-42-39-36-33-30-26-22-18-14-10-6-2/h10-11,14-15,20-27,32-37,41-46,51,55,62,66,83-85,90H,5-9,12-13,16-19,28-31,38-40,47-50,52-54,56-61,63-65,67-82H2,1-4H3,(H,95,96)(H,97,98)/b14-10-,15-11-,24-20-,25-21-,26-22-,27-23-,35-32-,36-33-,37-34-,44-41-,45-42-,46-43-,55-51-,66-62-. The summed E-state index contributed by atoms with van der Waals surface area (Å²) in [7, 11) is -10.0. The Hall–Kier alpha value is -5.58. The Morgan fingerprint density at radius 3 is 0.833 bits per heavy atom. The van der Waals surface area contributed by atoms with Crippen LogP contribution in [0.4, 0.5) is 0 Å². The number of aliphatic hydroxyl groups excluding tert-OH is 1. The zero-order valence-electron chi connectivity index (χ0n) is 67.2. The van der Waals surface area contributed by atoms with Gasteiger partial charge in [0.2, 0.25) is 0 Å². The minimum absolute atomic E-state index is 0.0267. The molecule has 0 amide bonds. The van der Waals surface area contributed by atoms with Crippen LogP contribution in [0.2, 0.25) is 0 Å². The molecule has 19 heteroatoms. The fraction of sp³-hybridized carbons (Fsp3) is 0.640. The van der Waals surface area contributed by atoms with Crippen LogP contribution >= 0.6 is 15.6 Å². The Bertz CT molecular complexity index is 2710. The number of esters is 4. The van der Waals surface area contributed by atoms with Crippen LogP contribution in [0.3, 0.4) is 0 Å². The molecule has 0 aromatic rings. The molecule has 0 saturated heterocycles. The van der Waals surface area contributed by atoms with E-state index >= 15 is 0 Å². The average molecular weight is 1550 g/mol. The van der Waals surface area contributed by atoms with Gasteiger partial charge in [0.15, 0.2) is 12.2 Å². The number of phosphoric acid groups is 2. The zero-order valence-corrected chi connectivity index (χ0v) is 69.0. The molecule has 5 unspecified atom stereocenters. The van der Waals surface area contributed by atoms with Crippen molar-refractivity contribution in [3.8, 4) is 0 Å². The van der Waals surface area contributed by atoms with E-state index in [0.29, 0.717) is 32.1 Å². The van der Waals surface area contributed by atoms with Crippen molar-refractivity contribution in [3.05, 3.63) is 170 Å². The summed E-state index contributed by atoms with van der Waals surface area (Å²) < 4.78 is 68.6. The molecular formula is C89H146O17P2. The summed E-state index contributed by atoms with van der Waals surface area (Å²) in [6, 6.07) is 0. The Balaban J connectivity index is 5.44. The number of carbonyl (C=O) groups excluding carboxylic acids is 4. The lowest BCUT2D eigenvalue weighted by Crippen LogP contribution is -2.30. The molecule has 5 atom stereocenters. The van der Waals surface area contributed by atoms with Crippen LogP contribution in [0.15, 0.2) is 170 Å². The van der Waals surface area contributed by atoms with Gasteiger partial charge in [-0.3, -0.25) is 37.3 Å². The molecule has 0 aromatic heterocycles. The topological polar surface area (TPSA) is 237 Å². The van der Waals surface area contributed by atoms with Crippen molar-refractivity contribution in [3.63, 3.8) is 0 Å². The zero-order chi connectivity index (χ0) is 78.9. The highest BCUT2D eigenvalue weighted by Gasteiger charge is 2.30. The number of aliphatic hydroxyl groups is 1. The summed E-state index contributed by atoms with van der Waals surface area (Å²) in [5, 5.41) is 10.7. The first-order chi connectivity index (χ1) is 52.7. The van der Waals surface area contributed by atoms with Crippen LogP contribution in [0.5, 0.6) is 0 Å². The molecular weight excluding hydrogens is 1400 g/mol. The third-order valence-corrected chi connectivity index (χ3v) is 18.6. The minimum atomic E-state index is -5.01. The molecule has 17 nitrogen and oxygen atoms in total. The maximum absolute atomic E-state index is 13.1. The van der Waals surface area contributed by atoms with E-state index in [1.807, 2.05) is 18.2 Å². The Morgan fingerprint density at radius 1 is 0.269 bits per heavy atom. The van der Waals surface area contributed by atoms with Crippen LogP contribution in [0.25, 0.3) is 0 Å².